The molecule has 4 heteroatoms. The molecule has 0 spiro atoms. The number of hydrogen-bond donors (Lipinski definition) is 1. The van der Waals surface area contributed by atoms with Crippen LogP contribution in [0.25, 0.3) is 0 Å². The maximum absolute atomic E-state index is 12.6. The zero-order valence-corrected chi connectivity index (χ0v) is 9.88. The number of rotatable bonds is 2. The highest BCUT2D eigenvalue weighted by Gasteiger charge is 2.57. The van der Waals surface area contributed by atoms with Gasteiger partial charge in [-0.1, -0.05) is 32.0 Å². The third-order valence-electron chi connectivity index (χ3n) is 3.88. The fourth-order valence-electron chi connectivity index (χ4n) is 2.75. The molecule has 2 atom stereocenters. The van der Waals surface area contributed by atoms with E-state index in [1.165, 1.54) is 12.1 Å². The second kappa shape index (κ2) is 3.73. The number of benzene rings is 1. The van der Waals surface area contributed by atoms with Crippen LogP contribution in [0.5, 0.6) is 0 Å². The van der Waals surface area contributed by atoms with E-state index in [1.54, 1.807) is 6.07 Å². The summed E-state index contributed by atoms with van der Waals surface area (Å²) in [5, 5.41) is 0. The van der Waals surface area contributed by atoms with Crippen LogP contribution in [0.4, 0.5) is 13.2 Å². The molecule has 0 amide bonds. The van der Waals surface area contributed by atoms with Crippen LogP contribution in [0, 0.1) is 11.3 Å². The van der Waals surface area contributed by atoms with Gasteiger partial charge in [-0.05, 0) is 35.4 Å². The third kappa shape index (κ3) is 2.06. The molecule has 94 valence electrons. The first kappa shape index (κ1) is 12.4. The molecule has 1 aromatic carbocycles. The molecule has 0 aliphatic heterocycles. The normalized spacial score (nSPS) is 26.9. The van der Waals surface area contributed by atoms with Gasteiger partial charge in [-0.3, -0.25) is 0 Å². The molecule has 1 fully saturated rings. The van der Waals surface area contributed by atoms with Crippen molar-refractivity contribution < 1.29 is 13.2 Å². The molecular formula is C13H16F3N. The Balaban J connectivity index is 2.30. The van der Waals surface area contributed by atoms with E-state index in [2.05, 4.69) is 13.8 Å². The highest BCUT2D eigenvalue weighted by Crippen LogP contribution is 2.63. The molecule has 0 saturated heterocycles. The molecule has 1 aliphatic carbocycles. The molecule has 0 heterocycles. The summed E-state index contributed by atoms with van der Waals surface area (Å²) >= 11 is 0. The van der Waals surface area contributed by atoms with Crippen LogP contribution in [-0.2, 0) is 6.18 Å². The summed E-state index contributed by atoms with van der Waals surface area (Å²) in [5.74, 6) is 0.431. The molecule has 1 saturated carbocycles. The van der Waals surface area contributed by atoms with Crippen LogP contribution in [0.1, 0.15) is 30.9 Å². The van der Waals surface area contributed by atoms with E-state index in [-0.39, 0.29) is 17.3 Å². The second-order valence-electron chi connectivity index (χ2n) is 5.26. The molecule has 2 rings (SSSR count). The number of hydrogen-bond acceptors (Lipinski definition) is 1. The molecule has 1 nitrogen and oxygen atoms in total. The van der Waals surface area contributed by atoms with Gasteiger partial charge in [0.15, 0.2) is 0 Å². The predicted octanol–water partition coefficient (Wildman–Crippen LogP) is 3.40. The summed E-state index contributed by atoms with van der Waals surface area (Å²) in [5.41, 5.74) is 5.83. The van der Waals surface area contributed by atoms with Gasteiger partial charge >= 0.3 is 6.18 Å². The smallest absolute Gasteiger partial charge is 0.330 e. The summed E-state index contributed by atoms with van der Waals surface area (Å²) < 4.78 is 37.8. The maximum Gasteiger partial charge on any atom is 0.416 e. The van der Waals surface area contributed by atoms with E-state index in [0.29, 0.717) is 6.54 Å². The van der Waals surface area contributed by atoms with Gasteiger partial charge in [-0.15, -0.1) is 0 Å². The first-order valence-electron chi connectivity index (χ1n) is 5.65. The lowest BCUT2D eigenvalue weighted by Crippen LogP contribution is -2.06. The van der Waals surface area contributed by atoms with Crippen molar-refractivity contribution in [2.24, 2.45) is 17.1 Å². The van der Waals surface area contributed by atoms with Crippen molar-refractivity contribution in [3.05, 3.63) is 35.4 Å². The standard InChI is InChI=1S/C13H16F3N/c1-12(2)10(7-17)11(12)8-4-3-5-9(6-8)13(14,15)16/h3-6,10-11H,7,17H2,1-2H3/t10-,11-/m0/s1. The zero-order valence-electron chi connectivity index (χ0n) is 9.88. The van der Waals surface area contributed by atoms with Crippen molar-refractivity contribution in [2.45, 2.75) is 25.9 Å². The van der Waals surface area contributed by atoms with Gasteiger partial charge in [0.2, 0.25) is 0 Å². The van der Waals surface area contributed by atoms with Crippen LogP contribution < -0.4 is 5.73 Å². The Morgan fingerprint density at radius 3 is 2.41 bits per heavy atom. The van der Waals surface area contributed by atoms with Gasteiger partial charge in [-0.2, -0.15) is 13.2 Å². The highest BCUT2D eigenvalue weighted by molar-refractivity contribution is 5.35. The van der Waals surface area contributed by atoms with Crippen LogP contribution in [0.15, 0.2) is 24.3 Å². The Hall–Kier alpha value is -1.03. The lowest BCUT2D eigenvalue weighted by atomic mass is 10.0. The van der Waals surface area contributed by atoms with Gasteiger partial charge in [0.25, 0.3) is 0 Å². The first-order valence-corrected chi connectivity index (χ1v) is 5.65. The Morgan fingerprint density at radius 1 is 1.29 bits per heavy atom. The van der Waals surface area contributed by atoms with Crippen molar-refractivity contribution >= 4 is 0 Å². The van der Waals surface area contributed by atoms with E-state index < -0.39 is 11.7 Å². The number of halogens is 3. The number of nitrogens with two attached hydrogens (primary N) is 1. The average Bonchev–Trinajstić information content (AvgIpc) is 2.79. The summed E-state index contributed by atoms with van der Waals surface area (Å²) in [6.07, 6.45) is -4.27. The molecule has 1 aliphatic rings. The monoisotopic (exact) mass is 243 g/mol. The largest absolute Gasteiger partial charge is 0.416 e. The lowest BCUT2D eigenvalue weighted by molar-refractivity contribution is -0.137. The predicted molar refractivity (Wildman–Crippen MR) is 60.5 cm³/mol. The summed E-state index contributed by atoms with van der Waals surface area (Å²) in [4.78, 5) is 0. The van der Waals surface area contributed by atoms with Crippen molar-refractivity contribution in [1.82, 2.24) is 0 Å². The minimum Gasteiger partial charge on any atom is -0.330 e. The van der Waals surface area contributed by atoms with E-state index in [1.807, 2.05) is 0 Å². The molecular weight excluding hydrogens is 227 g/mol. The van der Waals surface area contributed by atoms with Gasteiger partial charge in [0.1, 0.15) is 0 Å². The van der Waals surface area contributed by atoms with Gasteiger partial charge in [0, 0.05) is 0 Å². The Labute approximate surface area is 98.8 Å². The van der Waals surface area contributed by atoms with E-state index >= 15 is 0 Å². The Kier molecular flexibility index (Phi) is 2.73. The Bertz CT molecular complexity index is 423. The molecule has 17 heavy (non-hydrogen) atoms. The van der Waals surface area contributed by atoms with Gasteiger partial charge in [0.05, 0.1) is 5.56 Å². The molecule has 0 bridgehead atoms. The maximum atomic E-state index is 12.6. The van der Waals surface area contributed by atoms with Crippen molar-refractivity contribution in [2.75, 3.05) is 6.54 Å². The fourth-order valence-corrected chi connectivity index (χ4v) is 2.75. The lowest BCUT2D eigenvalue weighted by Gasteiger charge is -2.09. The summed E-state index contributed by atoms with van der Waals surface area (Å²) in [7, 11) is 0. The first-order chi connectivity index (χ1) is 7.78. The Morgan fingerprint density at radius 2 is 1.94 bits per heavy atom. The van der Waals surface area contributed by atoms with Gasteiger partial charge in [-0.25, -0.2) is 0 Å². The second-order valence-corrected chi connectivity index (χ2v) is 5.26. The van der Waals surface area contributed by atoms with Crippen LogP contribution in [0.2, 0.25) is 0 Å². The van der Waals surface area contributed by atoms with Gasteiger partial charge < -0.3 is 5.73 Å². The van der Waals surface area contributed by atoms with Crippen molar-refractivity contribution in [3.8, 4) is 0 Å². The van der Waals surface area contributed by atoms with E-state index in [9.17, 15) is 13.2 Å². The average molecular weight is 243 g/mol. The SMILES string of the molecule is CC1(C)[C@@H](CN)[C@@H]1c1cccc(C(F)(F)F)c1. The summed E-state index contributed by atoms with van der Waals surface area (Å²) in [6.45, 7) is 4.62. The molecule has 0 radical (unpaired) electrons. The summed E-state index contributed by atoms with van der Waals surface area (Å²) in [6, 6.07) is 5.59. The van der Waals surface area contributed by atoms with Crippen molar-refractivity contribution in [1.29, 1.82) is 0 Å². The molecule has 0 aromatic heterocycles. The van der Waals surface area contributed by atoms with E-state index in [0.717, 1.165) is 11.6 Å². The molecule has 1 aromatic rings. The quantitative estimate of drug-likeness (QED) is 0.846. The number of alkyl halides is 3. The van der Waals surface area contributed by atoms with Crippen LogP contribution in [0.3, 0.4) is 0 Å². The minimum absolute atomic E-state index is 0.0129. The topological polar surface area (TPSA) is 26.0 Å². The zero-order chi connectivity index (χ0) is 12.8. The van der Waals surface area contributed by atoms with Crippen LogP contribution in [-0.4, -0.2) is 6.54 Å². The molecule has 0 unspecified atom stereocenters. The fraction of sp³-hybridized carbons (Fsp3) is 0.538. The van der Waals surface area contributed by atoms with E-state index in [4.69, 9.17) is 5.73 Å². The van der Waals surface area contributed by atoms with Crippen molar-refractivity contribution in [3.63, 3.8) is 0 Å². The third-order valence-corrected chi connectivity index (χ3v) is 3.88. The highest BCUT2D eigenvalue weighted by atomic mass is 19.4. The van der Waals surface area contributed by atoms with Crippen LogP contribution >= 0.6 is 0 Å². The minimum atomic E-state index is -4.27. The molecule has 2 N–H and O–H groups in total.